The molecule has 0 aromatic carbocycles. The van der Waals surface area contributed by atoms with E-state index in [0.29, 0.717) is 13.2 Å². The Morgan fingerprint density at radius 3 is 2.71 bits per heavy atom. The third-order valence-electron chi connectivity index (χ3n) is 4.04. The number of nitrogens with zero attached hydrogens (tertiary/aromatic N) is 4. The number of aliphatic hydroxyl groups is 1. The normalized spacial score (nSPS) is 11.3. The Labute approximate surface area is 141 Å². The van der Waals surface area contributed by atoms with Crippen molar-refractivity contribution in [2.24, 2.45) is 0 Å². The Hall–Kier alpha value is -2.31. The van der Waals surface area contributed by atoms with Gasteiger partial charge in [-0.3, -0.25) is 4.98 Å². The van der Waals surface area contributed by atoms with Crippen LogP contribution in [-0.4, -0.2) is 31.5 Å². The predicted octanol–water partition coefficient (Wildman–Crippen LogP) is 2.85. The summed E-state index contributed by atoms with van der Waals surface area (Å²) >= 11 is 0. The second-order valence-electron chi connectivity index (χ2n) is 5.66. The first kappa shape index (κ1) is 16.5. The van der Waals surface area contributed by atoms with Gasteiger partial charge < -0.3 is 9.84 Å². The fourth-order valence-electron chi connectivity index (χ4n) is 2.92. The number of fused-ring (bicyclic) bond motifs is 1. The highest BCUT2D eigenvalue weighted by Crippen LogP contribution is 2.33. The van der Waals surface area contributed by atoms with Gasteiger partial charge in [0.2, 0.25) is 0 Å². The molecule has 3 heterocycles. The van der Waals surface area contributed by atoms with E-state index in [9.17, 15) is 5.11 Å². The quantitative estimate of drug-likeness (QED) is 0.754. The summed E-state index contributed by atoms with van der Waals surface area (Å²) in [6.07, 6.45) is 5.44. The van der Waals surface area contributed by atoms with Crippen LogP contribution in [0.2, 0.25) is 0 Å². The van der Waals surface area contributed by atoms with Gasteiger partial charge in [0.1, 0.15) is 0 Å². The van der Waals surface area contributed by atoms with Crippen molar-refractivity contribution < 1.29 is 9.84 Å². The molecule has 1 N–H and O–H groups in total. The summed E-state index contributed by atoms with van der Waals surface area (Å²) in [5.74, 6) is 0. The van der Waals surface area contributed by atoms with Gasteiger partial charge in [-0.05, 0) is 32.4 Å². The highest BCUT2D eigenvalue weighted by Gasteiger charge is 2.19. The summed E-state index contributed by atoms with van der Waals surface area (Å²) in [5, 5.41) is 15.4. The Morgan fingerprint density at radius 1 is 1.21 bits per heavy atom. The van der Waals surface area contributed by atoms with E-state index in [1.807, 2.05) is 44.0 Å². The Balaban J connectivity index is 2.32. The van der Waals surface area contributed by atoms with Gasteiger partial charge in [-0.1, -0.05) is 0 Å². The van der Waals surface area contributed by atoms with Gasteiger partial charge in [0.05, 0.1) is 25.1 Å². The Kier molecular flexibility index (Phi) is 4.87. The summed E-state index contributed by atoms with van der Waals surface area (Å²) in [7, 11) is 0. The molecular weight excluding hydrogens is 304 g/mol. The number of ether oxygens (including phenoxy) is 1. The smallest absolute Gasteiger partial charge is 0.158 e. The van der Waals surface area contributed by atoms with Gasteiger partial charge in [-0.15, -0.1) is 0 Å². The molecule has 0 aliphatic heterocycles. The summed E-state index contributed by atoms with van der Waals surface area (Å²) < 4.78 is 7.42. The molecule has 0 bridgehead atoms. The molecule has 0 aliphatic carbocycles. The van der Waals surface area contributed by atoms with Crippen LogP contribution < -0.4 is 0 Å². The van der Waals surface area contributed by atoms with Crippen molar-refractivity contribution in [3.8, 4) is 11.1 Å². The van der Waals surface area contributed by atoms with Crippen molar-refractivity contribution in [3.63, 3.8) is 0 Å². The number of aliphatic hydroxyl groups excluding tert-OH is 1. The average molecular weight is 326 g/mol. The maximum Gasteiger partial charge on any atom is 0.158 e. The topological polar surface area (TPSA) is 73.1 Å². The largest absolute Gasteiger partial charge is 0.392 e. The summed E-state index contributed by atoms with van der Waals surface area (Å²) in [5.41, 5.74) is 5.29. The van der Waals surface area contributed by atoms with Crippen molar-refractivity contribution >= 4 is 11.0 Å². The third-order valence-corrected chi connectivity index (χ3v) is 4.04. The number of hydrogen-bond acceptors (Lipinski definition) is 5. The number of hydrogen-bond donors (Lipinski definition) is 1. The zero-order valence-corrected chi connectivity index (χ0v) is 14.3. The lowest BCUT2D eigenvalue weighted by molar-refractivity contribution is 0.129. The van der Waals surface area contributed by atoms with Crippen molar-refractivity contribution in [2.45, 2.75) is 40.5 Å². The van der Waals surface area contributed by atoms with Crippen LogP contribution in [0.4, 0.5) is 0 Å². The average Bonchev–Trinajstić information content (AvgIpc) is 3.00. The molecule has 3 rings (SSSR count). The van der Waals surface area contributed by atoms with E-state index in [2.05, 4.69) is 16.1 Å². The second-order valence-corrected chi connectivity index (χ2v) is 5.66. The molecule has 3 aromatic rings. The molecule has 0 fully saturated rings. The van der Waals surface area contributed by atoms with E-state index in [1.165, 1.54) is 0 Å². The van der Waals surface area contributed by atoms with Gasteiger partial charge in [0, 0.05) is 47.6 Å². The monoisotopic (exact) mass is 326 g/mol. The van der Waals surface area contributed by atoms with Crippen LogP contribution in [0, 0.1) is 6.92 Å². The zero-order valence-electron chi connectivity index (χ0n) is 14.3. The van der Waals surface area contributed by atoms with Gasteiger partial charge in [0.25, 0.3) is 0 Å². The van der Waals surface area contributed by atoms with E-state index < -0.39 is 0 Å². The van der Waals surface area contributed by atoms with Crippen molar-refractivity contribution in [1.82, 2.24) is 19.7 Å². The maximum absolute atomic E-state index is 10.0. The van der Waals surface area contributed by atoms with Crippen molar-refractivity contribution in [3.05, 3.63) is 41.5 Å². The molecule has 6 nitrogen and oxygen atoms in total. The molecule has 3 aromatic heterocycles. The highest BCUT2D eigenvalue weighted by atomic mass is 16.5. The standard InChI is InChI=1S/C18H22N4O2/c1-4-22-18-14(9-20-22)17(13-6-12(3)7-19-8-13)15(10-23)16(21-18)11-24-5-2/h6-9,23H,4-5,10-11H2,1-3H3. The SMILES string of the molecule is CCOCc1nc2c(cnn2CC)c(-c2cncc(C)c2)c1CO. The third kappa shape index (κ3) is 2.90. The molecule has 0 radical (unpaired) electrons. The van der Waals surface area contributed by atoms with E-state index in [-0.39, 0.29) is 6.61 Å². The van der Waals surface area contributed by atoms with E-state index in [0.717, 1.165) is 45.5 Å². The number of rotatable bonds is 6. The predicted molar refractivity (Wildman–Crippen MR) is 92.4 cm³/mol. The van der Waals surface area contributed by atoms with Crippen LogP contribution in [0.3, 0.4) is 0 Å². The molecule has 24 heavy (non-hydrogen) atoms. The van der Waals surface area contributed by atoms with Crippen LogP contribution in [-0.2, 0) is 24.5 Å². The lowest BCUT2D eigenvalue weighted by atomic mass is 9.97. The Morgan fingerprint density at radius 2 is 2.04 bits per heavy atom. The lowest BCUT2D eigenvalue weighted by Crippen LogP contribution is -2.07. The summed E-state index contributed by atoms with van der Waals surface area (Å²) in [4.78, 5) is 9.02. The number of aryl methyl sites for hydroxylation is 2. The van der Waals surface area contributed by atoms with E-state index in [1.54, 1.807) is 0 Å². The maximum atomic E-state index is 10.0. The molecule has 126 valence electrons. The van der Waals surface area contributed by atoms with Crippen LogP contribution in [0.5, 0.6) is 0 Å². The summed E-state index contributed by atoms with van der Waals surface area (Å²) in [6.45, 7) is 7.57. The highest BCUT2D eigenvalue weighted by molar-refractivity contribution is 5.94. The van der Waals surface area contributed by atoms with Gasteiger partial charge in [-0.25, -0.2) is 9.67 Å². The van der Waals surface area contributed by atoms with Crippen molar-refractivity contribution in [1.29, 1.82) is 0 Å². The second kappa shape index (κ2) is 7.07. The van der Waals surface area contributed by atoms with Crippen LogP contribution in [0.1, 0.15) is 30.7 Å². The zero-order chi connectivity index (χ0) is 17.1. The first-order valence-electron chi connectivity index (χ1n) is 8.17. The van der Waals surface area contributed by atoms with Crippen LogP contribution in [0.15, 0.2) is 24.7 Å². The van der Waals surface area contributed by atoms with Crippen LogP contribution >= 0.6 is 0 Å². The molecule has 0 amide bonds. The van der Waals surface area contributed by atoms with Crippen LogP contribution in [0.25, 0.3) is 22.2 Å². The molecule has 0 unspecified atom stereocenters. The van der Waals surface area contributed by atoms with Crippen molar-refractivity contribution in [2.75, 3.05) is 6.61 Å². The lowest BCUT2D eigenvalue weighted by Gasteiger charge is -2.15. The van der Waals surface area contributed by atoms with E-state index in [4.69, 9.17) is 9.72 Å². The fourth-order valence-corrected chi connectivity index (χ4v) is 2.92. The molecule has 0 saturated heterocycles. The Bertz CT molecular complexity index is 858. The first-order chi connectivity index (χ1) is 11.7. The summed E-state index contributed by atoms with van der Waals surface area (Å²) in [6, 6.07) is 2.06. The minimum absolute atomic E-state index is 0.105. The minimum Gasteiger partial charge on any atom is -0.392 e. The molecule has 0 atom stereocenters. The molecular formula is C18H22N4O2. The molecule has 0 saturated carbocycles. The number of pyridine rings is 2. The number of aromatic nitrogens is 4. The van der Waals surface area contributed by atoms with Gasteiger partial charge in [-0.2, -0.15) is 5.10 Å². The first-order valence-corrected chi connectivity index (χ1v) is 8.17. The molecule has 6 heteroatoms. The van der Waals surface area contributed by atoms with E-state index >= 15 is 0 Å². The van der Waals surface area contributed by atoms with Gasteiger partial charge in [0.15, 0.2) is 5.65 Å². The fraction of sp³-hybridized carbons (Fsp3) is 0.389. The van der Waals surface area contributed by atoms with Gasteiger partial charge >= 0.3 is 0 Å². The molecule has 0 aliphatic rings. The molecule has 0 spiro atoms. The minimum atomic E-state index is -0.105.